The number of rotatable bonds is 5. The second-order valence-corrected chi connectivity index (χ2v) is 5.29. The molecular formula is C15H20ClNO. The van der Waals surface area contributed by atoms with Gasteiger partial charge in [-0.25, -0.2) is 0 Å². The van der Waals surface area contributed by atoms with Gasteiger partial charge in [-0.1, -0.05) is 36.8 Å². The molecule has 0 radical (unpaired) electrons. The lowest BCUT2D eigenvalue weighted by molar-refractivity contribution is -0.119. The Morgan fingerprint density at radius 1 is 1.28 bits per heavy atom. The fraction of sp³-hybridized carbons (Fsp3) is 0.533. The van der Waals surface area contributed by atoms with Crippen LogP contribution in [0.4, 0.5) is 0 Å². The lowest BCUT2D eigenvalue weighted by atomic mass is 9.95. The van der Waals surface area contributed by atoms with Gasteiger partial charge < -0.3 is 5.32 Å². The average molecular weight is 266 g/mol. The Bertz CT molecular complexity index is 379. The van der Waals surface area contributed by atoms with E-state index in [1.54, 1.807) is 0 Å². The summed E-state index contributed by atoms with van der Waals surface area (Å²) in [6.45, 7) is 0. The van der Waals surface area contributed by atoms with Crippen LogP contribution in [0.25, 0.3) is 0 Å². The third kappa shape index (κ3) is 3.74. The van der Waals surface area contributed by atoms with E-state index in [9.17, 15) is 4.79 Å². The van der Waals surface area contributed by atoms with Gasteiger partial charge in [0.15, 0.2) is 0 Å². The summed E-state index contributed by atoms with van der Waals surface area (Å²) in [5.74, 6) is 0.646. The van der Waals surface area contributed by atoms with Crippen LogP contribution in [0.5, 0.6) is 0 Å². The van der Waals surface area contributed by atoms with E-state index in [0.29, 0.717) is 12.0 Å². The van der Waals surface area contributed by atoms with Gasteiger partial charge in [-0.15, -0.1) is 11.6 Å². The van der Waals surface area contributed by atoms with Gasteiger partial charge in [0.2, 0.25) is 5.91 Å². The lowest BCUT2D eigenvalue weighted by Gasteiger charge is -2.20. The Balaban J connectivity index is 1.83. The summed E-state index contributed by atoms with van der Waals surface area (Å²) in [4.78, 5) is 11.3. The molecule has 2 atom stereocenters. The number of halogens is 1. The van der Waals surface area contributed by atoms with Gasteiger partial charge in [0, 0.05) is 6.04 Å². The molecule has 1 amide bonds. The Morgan fingerprint density at radius 3 is 2.78 bits per heavy atom. The molecule has 0 heterocycles. The van der Waals surface area contributed by atoms with Crippen molar-refractivity contribution in [3.05, 3.63) is 35.9 Å². The molecule has 2 nitrogen and oxygen atoms in total. The molecule has 1 aliphatic carbocycles. The second-order valence-electron chi connectivity index (χ2n) is 5.02. The monoisotopic (exact) mass is 265 g/mol. The lowest BCUT2D eigenvalue weighted by Crippen LogP contribution is -2.38. The molecule has 0 aromatic heterocycles. The van der Waals surface area contributed by atoms with Gasteiger partial charge in [-0.05, 0) is 37.2 Å². The van der Waals surface area contributed by atoms with Crippen LogP contribution in [-0.2, 0) is 11.2 Å². The molecule has 1 fully saturated rings. The molecule has 0 spiro atoms. The van der Waals surface area contributed by atoms with Crippen molar-refractivity contribution in [3.63, 3.8) is 0 Å². The van der Waals surface area contributed by atoms with Crippen LogP contribution in [0.2, 0.25) is 0 Å². The smallest absolute Gasteiger partial charge is 0.235 e. The van der Waals surface area contributed by atoms with E-state index >= 15 is 0 Å². The number of aryl methyl sites for hydroxylation is 1. The van der Waals surface area contributed by atoms with E-state index in [1.807, 2.05) is 6.07 Å². The maximum absolute atomic E-state index is 11.3. The van der Waals surface area contributed by atoms with Crippen molar-refractivity contribution in [1.29, 1.82) is 0 Å². The molecule has 0 bridgehead atoms. The zero-order valence-electron chi connectivity index (χ0n) is 10.6. The van der Waals surface area contributed by atoms with E-state index in [-0.39, 0.29) is 11.8 Å². The topological polar surface area (TPSA) is 29.1 Å². The van der Waals surface area contributed by atoms with Crippen LogP contribution in [0.15, 0.2) is 30.3 Å². The maximum Gasteiger partial charge on any atom is 0.235 e. The van der Waals surface area contributed by atoms with Gasteiger partial charge in [-0.3, -0.25) is 4.79 Å². The normalized spacial score (nSPS) is 22.9. The minimum Gasteiger partial charge on any atom is -0.352 e. The molecule has 98 valence electrons. The minimum absolute atomic E-state index is 0.0340. The predicted octanol–water partition coefficient (Wildman–Crippen LogP) is 3.14. The van der Waals surface area contributed by atoms with Crippen LogP contribution in [0.1, 0.15) is 31.2 Å². The average Bonchev–Trinajstić information content (AvgIpc) is 2.84. The summed E-state index contributed by atoms with van der Waals surface area (Å²) >= 11 is 5.54. The summed E-state index contributed by atoms with van der Waals surface area (Å²) in [6, 6.07) is 10.9. The van der Waals surface area contributed by atoms with Gasteiger partial charge in [0.05, 0.1) is 0 Å². The Morgan fingerprint density at radius 2 is 2.06 bits per heavy atom. The molecule has 2 unspecified atom stereocenters. The highest BCUT2D eigenvalue weighted by Gasteiger charge is 2.27. The zero-order chi connectivity index (χ0) is 12.8. The van der Waals surface area contributed by atoms with Crippen LogP contribution in [0.3, 0.4) is 0 Å². The van der Waals surface area contributed by atoms with Crippen molar-refractivity contribution in [2.75, 3.05) is 5.88 Å². The van der Waals surface area contributed by atoms with Crippen LogP contribution in [0, 0.1) is 5.92 Å². The van der Waals surface area contributed by atoms with Gasteiger partial charge in [0.25, 0.3) is 0 Å². The van der Waals surface area contributed by atoms with E-state index < -0.39 is 0 Å². The number of nitrogens with one attached hydrogen (secondary N) is 1. The Hall–Kier alpha value is -1.02. The molecule has 1 aliphatic rings. The fourth-order valence-corrected chi connectivity index (χ4v) is 2.89. The van der Waals surface area contributed by atoms with Crippen molar-refractivity contribution in [2.45, 2.75) is 38.1 Å². The van der Waals surface area contributed by atoms with E-state index in [2.05, 4.69) is 29.6 Å². The molecule has 2 rings (SSSR count). The third-order valence-electron chi connectivity index (χ3n) is 3.77. The zero-order valence-corrected chi connectivity index (χ0v) is 11.3. The summed E-state index contributed by atoms with van der Waals surface area (Å²) < 4.78 is 0. The molecule has 1 saturated carbocycles. The van der Waals surface area contributed by atoms with Crippen molar-refractivity contribution in [3.8, 4) is 0 Å². The molecule has 0 saturated heterocycles. The first-order valence-electron chi connectivity index (χ1n) is 6.69. The second kappa shape index (κ2) is 6.79. The summed E-state index contributed by atoms with van der Waals surface area (Å²) in [5, 5.41) is 3.04. The van der Waals surface area contributed by atoms with Gasteiger partial charge in [0.1, 0.15) is 5.88 Å². The van der Waals surface area contributed by atoms with E-state index in [0.717, 1.165) is 19.3 Å². The number of alkyl halides is 1. The first kappa shape index (κ1) is 13.4. The van der Waals surface area contributed by atoms with E-state index in [1.165, 1.54) is 18.4 Å². The molecule has 1 aromatic carbocycles. The SMILES string of the molecule is O=C(CCl)NC1CCCC1CCc1ccccc1. The fourth-order valence-electron chi connectivity index (χ4n) is 2.81. The minimum atomic E-state index is -0.0340. The number of hydrogen-bond donors (Lipinski definition) is 1. The number of amides is 1. The number of benzene rings is 1. The largest absolute Gasteiger partial charge is 0.352 e. The quantitative estimate of drug-likeness (QED) is 0.815. The highest BCUT2D eigenvalue weighted by atomic mass is 35.5. The molecule has 1 N–H and O–H groups in total. The summed E-state index contributed by atoms with van der Waals surface area (Å²) in [5.41, 5.74) is 1.38. The predicted molar refractivity (Wildman–Crippen MR) is 74.8 cm³/mol. The van der Waals surface area contributed by atoms with Gasteiger partial charge in [-0.2, -0.15) is 0 Å². The van der Waals surface area contributed by atoms with E-state index in [4.69, 9.17) is 11.6 Å². The van der Waals surface area contributed by atoms with Crippen LogP contribution >= 0.6 is 11.6 Å². The molecular weight excluding hydrogens is 246 g/mol. The third-order valence-corrected chi connectivity index (χ3v) is 4.02. The molecule has 18 heavy (non-hydrogen) atoms. The van der Waals surface area contributed by atoms with Crippen LogP contribution < -0.4 is 5.32 Å². The first-order chi connectivity index (χ1) is 8.79. The highest BCUT2D eigenvalue weighted by Crippen LogP contribution is 2.29. The molecule has 1 aromatic rings. The van der Waals surface area contributed by atoms with Crippen molar-refractivity contribution in [2.24, 2.45) is 5.92 Å². The highest BCUT2D eigenvalue weighted by molar-refractivity contribution is 6.27. The van der Waals surface area contributed by atoms with Crippen molar-refractivity contribution in [1.82, 2.24) is 5.32 Å². The Labute approximate surface area is 114 Å². The maximum atomic E-state index is 11.3. The number of hydrogen-bond acceptors (Lipinski definition) is 1. The van der Waals surface area contributed by atoms with Crippen molar-refractivity contribution < 1.29 is 4.79 Å². The number of carbonyl (C=O) groups excluding carboxylic acids is 1. The summed E-state index contributed by atoms with van der Waals surface area (Å²) in [7, 11) is 0. The molecule has 3 heteroatoms. The Kier molecular flexibility index (Phi) is 5.06. The number of carbonyl (C=O) groups is 1. The van der Waals surface area contributed by atoms with Crippen LogP contribution in [-0.4, -0.2) is 17.8 Å². The van der Waals surface area contributed by atoms with Gasteiger partial charge >= 0.3 is 0 Å². The first-order valence-corrected chi connectivity index (χ1v) is 7.22. The summed E-state index contributed by atoms with van der Waals surface area (Å²) in [6.07, 6.45) is 5.78. The van der Waals surface area contributed by atoms with Crippen molar-refractivity contribution >= 4 is 17.5 Å². The standard InChI is InChI=1S/C15H20ClNO/c16-11-15(18)17-14-8-4-7-13(14)10-9-12-5-2-1-3-6-12/h1-3,5-6,13-14H,4,7-11H2,(H,17,18). The molecule has 0 aliphatic heterocycles.